The van der Waals surface area contributed by atoms with E-state index in [0.717, 1.165) is 25.9 Å². The number of nitrogens with zero attached hydrogens (tertiary/aromatic N) is 2. The van der Waals surface area contributed by atoms with Crippen LogP contribution in [-0.2, 0) is 10.2 Å². The summed E-state index contributed by atoms with van der Waals surface area (Å²) in [4.78, 5) is 0. The van der Waals surface area contributed by atoms with Gasteiger partial charge in [0.15, 0.2) is 0 Å². The molecule has 0 spiro atoms. The Hall–Kier alpha value is -1.18. The second-order valence-electron chi connectivity index (χ2n) is 5.15. The maximum absolute atomic E-state index is 13.3. The van der Waals surface area contributed by atoms with Crippen molar-refractivity contribution in [1.82, 2.24) is 9.62 Å². The van der Waals surface area contributed by atoms with Gasteiger partial charge in [0.25, 0.3) is 0 Å². The van der Waals surface area contributed by atoms with Crippen LogP contribution >= 0.6 is 0 Å². The van der Waals surface area contributed by atoms with Gasteiger partial charge >= 0.3 is 10.2 Å². The third kappa shape index (κ3) is 2.41. The minimum atomic E-state index is -3.53. The number of anilines is 1. The topological polar surface area (TPSA) is 52.7 Å². The highest BCUT2D eigenvalue weighted by molar-refractivity contribution is 7.90. The van der Waals surface area contributed by atoms with Crippen molar-refractivity contribution >= 4 is 15.9 Å². The molecule has 110 valence electrons. The molecule has 0 amide bonds. The molecule has 7 heteroatoms. The van der Waals surface area contributed by atoms with Crippen LogP contribution in [0, 0.1) is 5.82 Å². The van der Waals surface area contributed by atoms with Crippen molar-refractivity contribution in [3.05, 3.63) is 30.1 Å². The molecule has 0 aliphatic carbocycles. The fraction of sp³-hybridized carbons (Fsp3) is 0.538. The van der Waals surface area contributed by atoms with Crippen LogP contribution in [0.3, 0.4) is 0 Å². The van der Waals surface area contributed by atoms with Gasteiger partial charge in [-0.3, -0.25) is 4.31 Å². The summed E-state index contributed by atoms with van der Waals surface area (Å²) in [6.07, 6.45) is 1.66. The molecule has 2 saturated heterocycles. The van der Waals surface area contributed by atoms with Crippen molar-refractivity contribution in [2.24, 2.45) is 0 Å². The van der Waals surface area contributed by atoms with Gasteiger partial charge in [0, 0.05) is 19.1 Å². The van der Waals surface area contributed by atoms with Gasteiger partial charge in [0.1, 0.15) is 5.82 Å². The van der Waals surface area contributed by atoms with Gasteiger partial charge in [0.2, 0.25) is 0 Å². The number of nitrogens with one attached hydrogen (secondary N) is 1. The Bertz CT molecular complexity index is 587. The normalized spacial score (nSPS) is 24.1. The molecule has 2 fully saturated rings. The van der Waals surface area contributed by atoms with Gasteiger partial charge in [-0.25, -0.2) is 4.39 Å². The molecule has 1 aromatic rings. The minimum absolute atomic E-state index is 0.0554. The van der Waals surface area contributed by atoms with Crippen LogP contribution in [0.4, 0.5) is 10.1 Å². The predicted molar refractivity (Wildman–Crippen MR) is 75.3 cm³/mol. The summed E-state index contributed by atoms with van der Waals surface area (Å²) in [6, 6.07) is 5.81. The van der Waals surface area contributed by atoms with Crippen LogP contribution < -0.4 is 9.62 Å². The van der Waals surface area contributed by atoms with E-state index < -0.39 is 16.0 Å². The fourth-order valence-corrected chi connectivity index (χ4v) is 4.75. The lowest BCUT2D eigenvalue weighted by Gasteiger charge is -2.30. The second kappa shape index (κ2) is 5.31. The van der Waals surface area contributed by atoms with E-state index in [-0.39, 0.29) is 6.04 Å². The molecule has 0 radical (unpaired) electrons. The number of hydrogen-bond acceptors (Lipinski definition) is 3. The van der Waals surface area contributed by atoms with Gasteiger partial charge in [-0.1, -0.05) is 6.07 Å². The van der Waals surface area contributed by atoms with Crippen LogP contribution in [0.2, 0.25) is 0 Å². The van der Waals surface area contributed by atoms with E-state index in [1.165, 1.54) is 22.5 Å². The minimum Gasteiger partial charge on any atom is -0.317 e. The van der Waals surface area contributed by atoms with E-state index in [9.17, 15) is 12.8 Å². The fourth-order valence-electron chi connectivity index (χ4n) is 2.91. The number of hydrogen-bond donors (Lipinski definition) is 1. The number of benzene rings is 1. The van der Waals surface area contributed by atoms with E-state index in [2.05, 4.69) is 5.32 Å². The standard InChI is InChI=1S/C13H18FN3O2S/c14-11-2-1-3-13(10-11)17-9-8-16(20(17,18)19)12-4-6-15-7-5-12/h1-3,10,12,15H,4-9H2. The first-order valence-electron chi connectivity index (χ1n) is 6.85. The van der Waals surface area contributed by atoms with E-state index in [0.29, 0.717) is 18.8 Å². The molecule has 0 saturated carbocycles. The molecule has 2 aliphatic heterocycles. The smallest absolute Gasteiger partial charge is 0.304 e. The van der Waals surface area contributed by atoms with Crippen LogP contribution in [0.1, 0.15) is 12.8 Å². The first-order chi connectivity index (χ1) is 9.59. The Labute approximate surface area is 118 Å². The van der Waals surface area contributed by atoms with E-state index in [4.69, 9.17) is 0 Å². The monoisotopic (exact) mass is 299 g/mol. The zero-order valence-corrected chi connectivity index (χ0v) is 11.9. The zero-order valence-electron chi connectivity index (χ0n) is 11.1. The van der Waals surface area contributed by atoms with Gasteiger partial charge < -0.3 is 5.32 Å². The molecule has 2 heterocycles. The van der Waals surface area contributed by atoms with Crippen molar-refractivity contribution in [1.29, 1.82) is 0 Å². The van der Waals surface area contributed by atoms with Crippen LogP contribution in [-0.4, -0.2) is 44.9 Å². The molecule has 0 aromatic heterocycles. The predicted octanol–water partition coefficient (Wildman–Crippen LogP) is 0.944. The third-order valence-corrected chi connectivity index (χ3v) is 5.93. The molecule has 0 atom stereocenters. The molecule has 5 nitrogen and oxygen atoms in total. The summed E-state index contributed by atoms with van der Waals surface area (Å²) in [6.45, 7) is 2.55. The second-order valence-corrected chi connectivity index (χ2v) is 6.96. The molecule has 3 rings (SSSR count). The molecule has 1 N–H and O–H groups in total. The highest BCUT2D eigenvalue weighted by Gasteiger charge is 2.41. The van der Waals surface area contributed by atoms with Gasteiger partial charge in [-0.05, 0) is 44.1 Å². The zero-order chi connectivity index (χ0) is 14.2. The molecular formula is C13H18FN3O2S. The molecule has 2 aliphatic rings. The quantitative estimate of drug-likeness (QED) is 0.884. The lowest BCUT2D eigenvalue weighted by molar-refractivity contribution is 0.280. The average molecular weight is 299 g/mol. The van der Waals surface area contributed by atoms with Crippen molar-refractivity contribution in [2.45, 2.75) is 18.9 Å². The highest BCUT2D eigenvalue weighted by Crippen LogP contribution is 2.29. The van der Waals surface area contributed by atoms with Crippen LogP contribution in [0.25, 0.3) is 0 Å². The van der Waals surface area contributed by atoms with E-state index in [1.54, 1.807) is 10.4 Å². The maximum atomic E-state index is 13.3. The van der Waals surface area contributed by atoms with Gasteiger partial charge in [-0.15, -0.1) is 0 Å². The van der Waals surface area contributed by atoms with Crippen LogP contribution in [0.15, 0.2) is 24.3 Å². The molecule has 1 aromatic carbocycles. The maximum Gasteiger partial charge on any atom is 0.304 e. The Balaban J connectivity index is 1.85. The molecule has 0 bridgehead atoms. The largest absolute Gasteiger partial charge is 0.317 e. The summed E-state index contributed by atoms with van der Waals surface area (Å²) in [5.41, 5.74) is 0.404. The summed E-state index contributed by atoms with van der Waals surface area (Å²) < 4.78 is 41.4. The Morgan fingerprint density at radius 1 is 1.20 bits per heavy atom. The summed E-state index contributed by atoms with van der Waals surface area (Å²) >= 11 is 0. The third-order valence-electron chi connectivity index (χ3n) is 3.91. The van der Waals surface area contributed by atoms with E-state index >= 15 is 0 Å². The van der Waals surface area contributed by atoms with Crippen molar-refractivity contribution in [3.8, 4) is 0 Å². The van der Waals surface area contributed by atoms with Crippen molar-refractivity contribution in [2.75, 3.05) is 30.5 Å². The van der Waals surface area contributed by atoms with Gasteiger partial charge in [0.05, 0.1) is 5.69 Å². The average Bonchev–Trinajstić information content (AvgIpc) is 2.75. The first-order valence-corrected chi connectivity index (χ1v) is 8.24. The Morgan fingerprint density at radius 3 is 2.65 bits per heavy atom. The molecule has 20 heavy (non-hydrogen) atoms. The Morgan fingerprint density at radius 2 is 1.95 bits per heavy atom. The first kappa shape index (κ1) is 13.8. The van der Waals surface area contributed by atoms with E-state index in [1.807, 2.05) is 0 Å². The van der Waals surface area contributed by atoms with Crippen molar-refractivity contribution in [3.63, 3.8) is 0 Å². The van der Waals surface area contributed by atoms with Crippen molar-refractivity contribution < 1.29 is 12.8 Å². The number of rotatable bonds is 2. The summed E-state index contributed by atoms with van der Waals surface area (Å²) in [5.74, 6) is -0.419. The summed E-state index contributed by atoms with van der Waals surface area (Å²) in [7, 11) is -3.53. The number of halogens is 1. The Kier molecular flexibility index (Phi) is 3.66. The van der Waals surface area contributed by atoms with Crippen LogP contribution in [0.5, 0.6) is 0 Å². The lowest BCUT2D eigenvalue weighted by Crippen LogP contribution is -2.45. The summed E-state index contributed by atoms with van der Waals surface area (Å²) in [5, 5.41) is 3.23. The molecular weight excluding hydrogens is 281 g/mol. The van der Waals surface area contributed by atoms with Gasteiger partial charge in [-0.2, -0.15) is 12.7 Å². The SMILES string of the molecule is O=S1(=O)N(c2cccc(F)c2)CCN1C1CCNCC1. The molecule has 0 unspecified atom stereocenters. The lowest BCUT2D eigenvalue weighted by atomic mass is 10.1. The number of piperidine rings is 1. The highest BCUT2D eigenvalue weighted by atomic mass is 32.2.